The van der Waals surface area contributed by atoms with Gasteiger partial charge in [-0.1, -0.05) is 42.5 Å². The lowest BCUT2D eigenvalue weighted by Crippen LogP contribution is -2.45. The topological polar surface area (TPSA) is 105 Å². The molecule has 3 aromatic rings. The maximum atomic E-state index is 13.7. The number of anilines is 1. The number of hydrogen-bond donors (Lipinski definition) is 2. The van der Waals surface area contributed by atoms with Crippen molar-refractivity contribution < 1.29 is 29.0 Å². The van der Waals surface area contributed by atoms with Crippen molar-refractivity contribution in [2.45, 2.75) is 13.0 Å². The largest absolute Gasteiger partial charge is 0.504 e. The van der Waals surface area contributed by atoms with Crippen LogP contribution in [0.5, 0.6) is 11.5 Å². The summed E-state index contributed by atoms with van der Waals surface area (Å²) in [5.74, 6) is -1.60. The first-order valence-corrected chi connectivity index (χ1v) is 10.7. The Morgan fingerprint density at radius 1 is 0.971 bits per heavy atom. The van der Waals surface area contributed by atoms with E-state index in [1.807, 2.05) is 0 Å². The van der Waals surface area contributed by atoms with E-state index < -0.39 is 23.8 Å². The first kappa shape index (κ1) is 24.3. The van der Waals surface area contributed by atoms with Gasteiger partial charge in [0, 0.05) is 11.3 Å². The molecule has 2 amide bonds. The molecule has 34 heavy (non-hydrogen) atoms. The Balaban J connectivity index is 2.12. The van der Waals surface area contributed by atoms with Crippen LogP contribution in [-0.2, 0) is 14.3 Å². The molecule has 2 N–H and O–H groups in total. The summed E-state index contributed by atoms with van der Waals surface area (Å²) in [6, 6.07) is 20.5. The minimum absolute atomic E-state index is 0.113. The van der Waals surface area contributed by atoms with Gasteiger partial charge in [-0.05, 0) is 48.9 Å². The molecule has 0 fully saturated rings. The SMILES string of the molecule is CCOC(=O)CNC(=O)C(c1ccc(O)c(OC)c1)N(C(=O)c1ccccc1)c1ccccc1. The number of phenolic OH excluding ortho intramolecular Hbond substituents is 1. The van der Waals surface area contributed by atoms with Gasteiger partial charge in [0.1, 0.15) is 12.6 Å². The van der Waals surface area contributed by atoms with E-state index in [1.54, 1.807) is 67.6 Å². The van der Waals surface area contributed by atoms with Gasteiger partial charge in [0.2, 0.25) is 5.91 Å². The van der Waals surface area contributed by atoms with E-state index in [0.29, 0.717) is 16.8 Å². The molecule has 0 spiro atoms. The van der Waals surface area contributed by atoms with Gasteiger partial charge in [0.05, 0.1) is 13.7 Å². The monoisotopic (exact) mass is 462 g/mol. The molecular weight excluding hydrogens is 436 g/mol. The zero-order valence-electron chi connectivity index (χ0n) is 18.9. The van der Waals surface area contributed by atoms with Crippen molar-refractivity contribution in [3.05, 3.63) is 90.0 Å². The average Bonchev–Trinajstić information content (AvgIpc) is 2.87. The Morgan fingerprint density at radius 3 is 2.24 bits per heavy atom. The Hall–Kier alpha value is -4.33. The van der Waals surface area contributed by atoms with E-state index in [0.717, 1.165) is 0 Å². The number of nitrogens with one attached hydrogen (secondary N) is 1. The summed E-state index contributed by atoms with van der Waals surface area (Å²) in [5.41, 5.74) is 1.23. The predicted octanol–water partition coefficient (Wildman–Crippen LogP) is 3.47. The molecule has 0 aromatic heterocycles. The number of carbonyl (C=O) groups excluding carboxylic acids is 3. The van der Waals surface area contributed by atoms with Gasteiger partial charge in [-0.25, -0.2) is 0 Å². The van der Waals surface area contributed by atoms with Crippen LogP contribution in [0.1, 0.15) is 28.9 Å². The summed E-state index contributed by atoms with van der Waals surface area (Å²) < 4.78 is 10.1. The average molecular weight is 463 g/mol. The zero-order valence-corrected chi connectivity index (χ0v) is 18.9. The number of esters is 1. The Kier molecular flexibility index (Phi) is 8.23. The Bertz CT molecular complexity index is 1130. The molecule has 0 saturated carbocycles. The molecular formula is C26H26N2O6. The molecule has 0 heterocycles. The number of methoxy groups -OCH3 is 1. The molecule has 3 aromatic carbocycles. The zero-order chi connectivity index (χ0) is 24.5. The fraction of sp³-hybridized carbons (Fsp3) is 0.192. The lowest BCUT2D eigenvalue weighted by molar-refractivity contribution is -0.143. The normalized spacial score (nSPS) is 11.2. The number of para-hydroxylation sites is 1. The third-order valence-electron chi connectivity index (χ3n) is 5.01. The molecule has 0 radical (unpaired) electrons. The van der Waals surface area contributed by atoms with E-state index in [1.165, 1.54) is 30.2 Å². The first-order chi connectivity index (χ1) is 16.5. The molecule has 3 rings (SSSR count). The molecule has 1 atom stereocenters. The number of aromatic hydroxyl groups is 1. The molecule has 8 heteroatoms. The number of hydrogen-bond acceptors (Lipinski definition) is 6. The molecule has 8 nitrogen and oxygen atoms in total. The molecule has 0 aliphatic rings. The minimum atomic E-state index is -1.18. The van der Waals surface area contributed by atoms with Crippen LogP contribution >= 0.6 is 0 Å². The Labute approximate surface area is 197 Å². The summed E-state index contributed by atoms with van der Waals surface area (Å²) in [5, 5.41) is 12.6. The van der Waals surface area contributed by atoms with Crippen molar-refractivity contribution in [3.63, 3.8) is 0 Å². The van der Waals surface area contributed by atoms with Gasteiger partial charge in [-0.3, -0.25) is 19.3 Å². The quantitative estimate of drug-likeness (QED) is 0.472. The number of phenols is 1. The van der Waals surface area contributed by atoms with Crippen LogP contribution in [0.15, 0.2) is 78.9 Å². The van der Waals surface area contributed by atoms with Gasteiger partial charge in [-0.15, -0.1) is 0 Å². The van der Waals surface area contributed by atoms with E-state index in [4.69, 9.17) is 9.47 Å². The van der Waals surface area contributed by atoms with Crippen molar-refractivity contribution in [1.29, 1.82) is 0 Å². The van der Waals surface area contributed by atoms with Crippen LogP contribution in [0.2, 0.25) is 0 Å². The fourth-order valence-corrected chi connectivity index (χ4v) is 3.44. The van der Waals surface area contributed by atoms with Gasteiger partial charge in [-0.2, -0.15) is 0 Å². The van der Waals surface area contributed by atoms with Crippen LogP contribution in [0.3, 0.4) is 0 Å². The lowest BCUT2D eigenvalue weighted by Gasteiger charge is -2.31. The first-order valence-electron chi connectivity index (χ1n) is 10.7. The van der Waals surface area contributed by atoms with Crippen LogP contribution in [-0.4, -0.2) is 43.2 Å². The standard InChI is InChI=1S/C26H26N2O6/c1-3-34-23(30)17-27-25(31)24(19-14-15-21(29)22(16-19)33-2)28(20-12-8-5-9-13-20)26(32)18-10-6-4-7-11-18/h4-16,24,29H,3,17H2,1-2H3,(H,27,31). The highest BCUT2D eigenvalue weighted by Crippen LogP contribution is 2.34. The lowest BCUT2D eigenvalue weighted by atomic mass is 10.0. The number of benzene rings is 3. The summed E-state index contributed by atoms with van der Waals surface area (Å²) >= 11 is 0. The number of amides is 2. The molecule has 0 aliphatic heterocycles. The smallest absolute Gasteiger partial charge is 0.325 e. The maximum absolute atomic E-state index is 13.7. The van der Waals surface area contributed by atoms with Gasteiger partial charge in [0.25, 0.3) is 5.91 Å². The second-order valence-corrected chi connectivity index (χ2v) is 7.23. The van der Waals surface area contributed by atoms with Crippen LogP contribution in [0.25, 0.3) is 0 Å². The van der Waals surface area contributed by atoms with E-state index in [-0.39, 0.29) is 24.7 Å². The molecule has 1 unspecified atom stereocenters. The van der Waals surface area contributed by atoms with Crippen molar-refractivity contribution in [3.8, 4) is 11.5 Å². The van der Waals surface area contributed by atoms with Crippen molar-refractivity contribution in [2.24, 2.45) is 0 Å². The number of rotatable bonds is 9. The Morgan fingerprint density at radius 2 is 1.62 bits per heavy atom. The maximum Gasteiger partial charge on any atom is 0.325 e. The van der Waals surface area contributed by atoms with Crippen molar-refractivity contribution in [1.82, 2.24) is 5.32 Å². The van der Waals surface area contributed by atoms with Crippen LogP contribution in [0, 0.1) is 0 Å². The van der Waals surface area contributed by atoms with Crippen molar-refractivity contribution in [2.75, 3.05) is 25.2 Å². The molecule has 0 bridgehead atoms. The number of nitrogens with zero attached hydrogens (tertiary/aromatic N) is 1. The highest BCUT2D eigenvalue weighted by Gasteiger charge is 2.34. The highest BCUT2D eigenvalue weighted by atomic mass is 16.5. The fourth-order valence-electron chi connectivity index (χ4n) is 3.44. The molecule has 0 aliphatic carbocycles. The van der Waals surface area contributed by atoms with Crippen LogP contribution in [0.4, 0.5) is 5.69 Å². The highest BCUT2D eigenvalue weighted by molar-refractivity contribution is 6.10. The molecule has 176 valence electrons. The van der Waals surface area contributed by atoms with Crippen molar-refractivity contribution >= 4 is 23.5 Å². The van der Waals surface area contributed by atoms with Gasteiger partial charge in [0.15, 0.2) is 11.5 Å². The van der Waals surface area contributed by atoms with E-state index >= 15 is 0 Å². The van der Waals surface area contributed by atoms with Crippen LogP contribution < -0.4 is 15.0 Å². The minimum Gasteiger partial charge on any atom is -0.504 e. The third-order valence-corrected chi connectivity index (χ3v) is 5.01. The summed E-state index contributed by atoms with van der Waals surface area (Å²) in [6.07, 6.45) is 0. The van der Waals surface area contributed by atoms with Gasteiger partial charge < -0.3 is 19.9 Å². The second-order valence-electron chi connectivity index (χ2n) is 7.23. The van der Waals surface area contributed by atoms with Gasteiger partial charge >= 0.3 is 5.97 Å². The molecule has 0 saturated heterocycles. The summed E-state index contributed by atoms with van der Waals surface area (Å²) in [7, 11) is 1.39. The number of ether oxygens (including phenoxy) is 2. The summed E-state index contributed by atoms with van der Waals surface area (Å²) in [6.45, 7) is 1.48. The second kappa shape index (κ2) is 11.5. The van der Waals surface area contributed by atoms with E-state index in [9.17, 15) is 19.5 Å². The number of carbonyl (C=O) groups is 3. The predicted molar refractivity (Wildman–Crippen MR) is 127 cm³/mol. The summed E-state index contributed by atoms with van der Waals surface area (Å²) in [4.78, 5) is 40.4. The van der Waals surface area contributed by atoms with E-state index in [2.05, 4.69) is 5.32 Å². The third kappa shape index (κ3) is 5.72.